The highest BCUT2D eigenvalue weighted by molar-refractivity contribution is 6.31. The van der Waals surface area contributed by atoms with Crippen molar-refractivity contribution in [3.8, 4) is 0 Å². The Morgan fingerprint density at radius 1 is 1.41 bits per heavy atom. The van der Waals surface area contributed by atoms with Crippen LogP contribution in [0.15, 0.2) is 36.7 Å². The maximum absolute atomic E-state index is 13.2. The Hall–Kier alpha value is -1.98. The lowest BCUT2D eigenvalue weighted by molar-refractivity contribution is -0.116. The maximum Gasteiger partial charge on any atom is 0.224 e. The van der Waals surface area contributed by atoms with E-state index >= 15 is 0 Å². The van der Waals surface area contributed by atoms with Crippen LogP contribution in [0.2, 0.25) is 5.02 Å². The Bertz CT molecular complexity index is 799. The Morgan fingerprint density at radius 2 is 2.26 bits per heavy atom. The molecule has 1 aromatic carbocycles. The topological polar surface area (TPSA) is 45.2 Å². The normalized spacial score (nSPS) is 17.7. The van der Waals surface area contributed by atoms with Crippen molar-refractivity contribution >= 4 is 23.2 Å². The summed E-state index contributed by atoms with van der Waals surface area (Å²) < 4.78 is 13.2. The highest BCUT2D eigenvalue weighted by Gasteiger charge is 2.21. The van der Waals surface area contributed by atoms with Gasteiger partial charge in [-0.25, -0.2) is 4.39 Å². The number of aryl methyl sites for hydroxylation is 1. The lowest BCUT2D eigenvalue weighted by Crippen LogP contribution is -2.35. The van der Waals surface area contributed by atoms with E-state index in [9.17, 15) is 9.18 Å². The SMILES string of the molecule is Cc1cc(F)ccc1NC(=O)CC[C@@H]1CCCN(Cc2ccncc2Cl)C1. The summed E-state index contributed by atoms with van der Waals surface area (Å²) >= 11 is 6.22. The van der Waals surface area contributed by atoms with Crippen LogP contribution in [0.3, 0.4) is 0 Å². The number of pyridine rings is 1. The van der Waals surface area contributed by atoms with Gasteiger partial charge < -0.3 is 5.32 Å². The minimum Gasteiger partial charge on any atom is -0.326 e. The molecule has 1 N–H and O–H groups in total. The van der Waals surface area contributed by atoms with Gasteiger partial charge in [-0.05, 0) is 74.0 Å². The van der Waals surface area contributed by atoms with Crippen molar-refractivity contribution in [3.05, 3.63) is 58.6 Å². The summed E-state index contributed by atoms with van der Waals surface area (Å²) in [5, 5.41) is 3.59. The highest BCUT2D eigenvalue weighted by atomic mass is 35.5. The van der Waals surface area contributed by atoms with Gasteiger partial charge in [-0.1, -0.05) is 11.6 Å². The van der Waals surface area contributed by atoms with Crippen LogP contribution in [0.1, 0.15) is 36.8 Å². The van der Waals surface area contributed by atoms with Gasteiger partial charge in [0, 0.05) is 37.6 Å². The number of carbonyl (C=O) groups is 1. The largest absolute Gasteiger partial charge is 0.326 e. The molecule has 6 heteroatoms. The van der Waals surface area contributed by atoms with E-state index < -0.39 is 0 Å². The molecular formula is C21H25ClFN3O. The lowest BCUT2D eigenvalue weighted by Gasteiger charge is -2.32. The summed E-state index contributed by atoms with van der Waals surface area (Å²) in [6.07, 6.45) is 7.05. The van der Waals surface area contributed by atoms with E-state index in [0.717, 1.165) is 50.0 Å². The fourth-order valence-electron chi connectivity index (χ4n) is 3.62. The average Bonchev–Trinajstić information content (AvgIpc) is 2.65. The number of hydrogen-bond acceptors (Lipinski definition) is 3. The zero-order chi connectivity index (χ0) is 19.2. The molecule has 0 saturated carbocycles. The summed E-state index contributed by atoms with van der Waals surface area (Å²) in [6, 6.07) is 6.37. The van der Waals surface area contributed by atoms with Crippen LogP contribution < -0.4 is 5.32 Å². The number of benzene rings is 1. The van der Waals surface area contributed by atoms with E-state index in [4.69, 9.17) is 11.6 Å². The van der Waals surface area contributed by atoms with Crippen LogP contribution in [0, 0.1) is 18.7 Å². The number of aromatic nitrogens is 1. The molecule has 3 rings (SSSR count). The smallest absolute Gasteiger partial charge is 0.224 e. The summed E-state index contributed by atoms with van der Waals surface area (Å²) in [5.74, 6) is 0.195. The number of anilines is 1. The van der Waals surface area contributed by atoms with Crippen LogP contribution >= 0.6 is 11.6 Å². The van der Waals surface area contributed by atoms with Gasteiger partial charge in [-0.3, -0.25) is 14.7 Å². The second-order valence-corrected chi connectivity index (χ2v) is 7.66. The van der Waals surface area contributed by atoms with Crippen LogP contribution in [0.4, 0.5) is 10.1 Å². The number of likely N-dealkylation sites (tertiary alicyclic amines) is 1. The number of amides is 1. The number of carbonyl (C=O) groups excluding carboxylic acids is 1. The van der Waals surface area contributed by atoms with Crippen LogP contribution in [-0.2, 0) is 11.3 Å². The molecule has 1 aromatic heterocycles. The van der Waals surface area contributed by atoms with Gasteiger partial charge in [-0.2, -0.15) is 0 Å². The van der Waals surface area contributed by atoms with E-state index in [1.165, 1.54) is 12.1 Å². The van der Waals surface area contributed by atoms with Gasteiger partial charge in [0.05, 0.1) is 5.02 Å². The molecule has 0 aliphatic carbocycles. The summed E-state index contributed by atoms with van der Waals surface area (Å²) in [5.41, 5.74) is 2.51. The Kier molecular flexibility index (Phi) is 6.80. The predicted molar refractivity (Wildman–Crippen MR) is 106 cm³/mol. The molecular weight excluding hydrogens is 365 g/mol. The first-order valence-electron chi connectivity index (χ1n) is 9.38. The van der Waals surface area contributed by atoms with E-state index in [1.807, 2.05) is 6.07 Å². The van der Waals surface area contributed by atoms with Crippen molar-refractivity contribution in [1.82, 2.24) is 9.88 Å². The number of nitrogens with zero attached hydrogens (tertiary/aromatic N) is 2. The van der Waals surface area contributed by atoms with E-state index in [2.05, 4.69) is 15.2 Å². The number of hydrogen-bond donors (Lipinski definition) is 1. The van der Waals surface area contributed by atoms with Gasteiger partial charge in [-0.15, -0.1) is 0 Å². The predicted octanol–water partition coefficient (Wildman–Crippen LogP) is 4.81. The molecule has 1 amide bonds. The van der Waals surface area contributed by atoms with Gasteiger partial charge in [0.2, 0.25) is 5.91 Å². The lowest BCUT2D eigenvalue weighted by atomic mass is 9.93. The van der Waals surface area contributed by atoms with Crippen molar-refractivity contribution in [2.45, 2.75) is 39.2 Å². The van der Waals surface area contributed by atoms with E-state index in [1.54, 1.807) is 25.4 Å². The summed E-state index contributed by atoms with van der Waals surface area (Å²) in [7, 11) is 0. The third-order valence-corrected chi connectivity index (χ3v) is 5.44. The first kappa shape index (κ1) is 19.8. The van der Waals surface area contributed by atoms with Crippen molar-refractivity contribution in [2.24, 2.45) is 5.92 Å². The molecule has 1 aliphatic rings. The first-order chi connectivity index (χ1) is 13.0. The van der Waals surface area contributed by atoms with Crippen molar-refractivity contribution in [2.75, 3.05) is 18.4 Å². The quantitative estimate of drug-likeness (QED) is 0.770. The van der Waals surface area contributed by atoms with Crippen molar-refractivity contribution in [1.29, 1.82) is 0 Å². The molecule has 1 aliphatic heterocycles. The molecule has 2 heterocycles. The fraction of sp³-hybridized carbons (Fsp3) is 0.429. The van der Waals surface area contributed by atoms with Gasteiger partial charge in [0.15, 0.2) is 0 Å². The number of piperidine rings is 1. The molecule has 2 aromatic rings. The number of nitrogens with one attached hydrogen (secondary N) is 1. The average molecular weight is 390 g/mol. The number of halogens is 2. The highest BCUT2D eigenvalue weighted by Crippen LogP contribution is 2.25. The summed E-state index contributed by atoms with van der Waals surface area (Å²) in [6.45, 7) is 4.64. The standard InChI is InChI=1S/C21H25ClFN3O/c1-15-11-18(23)5-6-20(15)25-21(27)7-4-16-3-2-10-26(13-16)14-17-8-9-24-12-19(17)22/h5-6,8-9,11-12,16H,2-4,7,10,13-14H2,1H3,(H,25,27)/t16-/m0/s1. The molecule has 1 atom stereocenters. The van der Waals surface area contributed by atoms with Gasteiger partial charge in [0.25, 0.3) is 0 Å². The Balaban J connectivity index is 1.47. The van der Waals surface area contributed by atoms with Crippen molar-refractivity contribution in [3.63, 3.8) is 0 Å². The second-order valence-electron chi connectivity index (χ2n) is 7.26. The maximum atomic E-state index is 13.2. The molecule has 0 spiro atoms. The first-order valence-corrected chi connectivity index (χ1v) is 9.76. The zero-order valence-corrected chi connectivity index (χ0v) is 16.3. The Morgan fingerprint density at radius 3 is 3.04 bits per heavy atom. The molecule has 0 bridgehead atoms. The van der Waals surface area contributed by atoms with Crippen LogP contribution in [-0.4, -0.2) is 28.9 Å². The molecule has 0 radical (unpaired) electrons. The molecule has 1 saturated heterocycles. The minimum absolute atomic E-state index is 0.0148. The Labute approximate surface area is 164 Å². The fourth-order valence-corrected chi connectivity index (χ4v) is 3.80. The third-order valence-electron chi connectivity index (χ3n) is 5.10. The molecule has 0 unspecified atom stereocenters. The molecule has 27 heavy (non-hydrogen) atoms. The van der Waals surface area contributed by atoms with E-state index in [0.29, 0.717) is 23.0 Å². The number of rotatable bonds is 6. The second kappa shape index (κ2) is 9.29. The summed E-state index contributed by atoms with van der Waals surface area (Å²) in [4.78, 5) is 18.7. The minimum atomic E-state index is -0.290. The molecule has 1 fully saturated rings. The third kappa shape index (κ3) is 5.75. The monoisotopic (exact) mass is 389 g/mol. The van der Waals surface area contributed by atoms with Crippen LogP contribution in [0.5, 0.6) is 0 Å². The van der Waals surface area contributed by atoms with E-state index in [-0.39, 0.29) is 11.7 Å². The van der Waals surface area contributed by atoms with Crippen molar-refractivity contribution < 1.29 is 9.18 Å². The molecule has 144 valence electrons. The van der Waals surface area contributed by atoms with Gasteiger partial charge >= 0.3 is 0 Å². The van der Waals surface area contributed by atoms with Crippen LogP contribution in [0.25, 0.3) is 0 Å². The zero-order valence-electron chi connectivity index (χ0n) is 15.5. The molecule has 4 nitrogen and oxygen atoms in total. The van der Waals surface area contributed by atoms with Gasteiger partial charge in [0.1, 0.15) is 5.82 Å².